The normalized spacial score (nSPS) is 21.7. The first-order valence-corrected chi connectivity index (χ1v) is 5.82. The van der Waals surface area contributed by atoms with Crippen molar-refractivity contribution in [3.05, 3.63) is 0 Å². The SMILES string of the molecule is CC(CCC(=O)O)CNC(=O)C1CCCN1. The van der Waals surface area contributed by atoms with E-state index in [2.05, 4.69) is 10.6 Å². The van der Waals surface area contributed by atoms with E-state index in [-0.39, 0.29) is 24.3 Å². The molecule has 1 aliphatic heterocycles. The molecular formula is C11H20N2O3. The lowest BCUT2D eigenvalue weighted by Crippen LogP contribution is -2.41. The van der Waals surface area contributed by atoms with Gasteiger partial charge in [-0.25, -0.2) is 0 Å². The van der Waals surface area contributed by atoms with E-state index in [1.807, 2.05) is 6.92 Å². The Morgan fingerprint density at radius 2 is 2.31 bits per heavy atom. The number of carboxylic acid groups (broad SMARTS) is 1. The topological polar surface area (TPSA) is 78.4 Å². The van der Waals surface area contributed by atoms with Gasteiger partial charge in [-0.2, -0.15) is 0 Å². The smallest absolute Gasteiger partial charge is 0.303 e. The summed E-state index contributed by atoms with van der Waals surface area (Å²) >= 11 is 0. The van der Waals surface area contributed by atoms with E-state index in [4.69, 9.17) is 5.11 Å². The van der Waals surface area contributed by atoms with Gasteiger partial charge in [0.05, 0.1) is 6.04 Å². The van der Waals surface area contributed by atoms with Crippen LogP contribution in [-0.4, -0.2) is 36.1 Å². The van der Waals surface area contributed by atoms with E-state index in [1.54, 1.807) is 0 Å². The van der Waals surface area contributed by atoms with Crippen LogP contribution in [0.4, 0.5) is 0 Å². The first-order chi connectivity index (χ1) is 7.59. The number of amides is 1. The van der Waals surface area contributed by atoms with Crippen LogP contribution >= 0.6 is 0 Å². The molecule has 0 bridgehead atoms. The molecule has 0 aromatic rings. The molecule has 0 radical (unpaired) electrons. The molecule has 0 aromatic heterocycles. The first kappa shape index (κ1) is 13.0. The fourth-order valence-electron chi connectivity index (χ4n) is 1.78. The van der Waals surface area contributed by atoms with Gasteiger partial charge in [0.1, 0.15) is 0 Å². The third-order valence-electron chi connectivity index (χ3n) is 2.85. The molecular weight excluding hydrogens is 208 g/mol. The summed E-state index contributed by atoms with van der Waals surface area (Å²) in [7, 11) is 0. The number of nitrogens with one attached hydrogen (secondary N) is 2. The van der Waals surface area contributed by atoms with Crippen molar-refractivity contribution in [2.75, 3.05) is 13.1 Å². The summed E-state index contributed by atoms with van der Waals surface area (Å²) in [5.74, 6) is -0.531. The van der Waals surface area contributed by atoms with Crippen molar-refractivity contribution in [2.45, 2.75) is 38.6 Å². The van der Waals surface area contributed by atoms with Crippen LogP contribution in [0.3, 0.4) is 0 Å². The zero-order valence-corrected chi connectivity index (χ0v) is 9.66. The van der Waals surface area contributed by atoms with Gasteiger partial charge in [0.2, 0.25) is 5.91 Å². The van der Waals surface area contributed by atoms with Gasteiger partial charge in [-0.3, -0.25) is 9.59 Å². The first-order valence-electron chi connectivity index (χ1n) is 5.82. The van der Waals surface area contributed by atoms with E-state index in [1.165, 1.54) is 0 Å². The lowest BCUT2D eigenvalue weighted by Gasteiger charge is -2.14. The molecule has 3 N–H and O–H groups in total. The molecule has 2 atom stereocenters. The molecule has 0 aliphatic carbocycles. The summed E-state index contributed by atoms with van der Waals surface area (Å²) < 4.78 is 0. The summed E-state index contributed by atoms with van der Waals surface area (Å²) in [6.45, 7) is 3.42. The minimum Gasteiger partial charge on any atom is -0.481 e. The van der Waals surface area contributed by atoms with Gasteiger partial charge in [0, 0.05) is 13.0 Å². The van der Waals surface area contributed by atoms with Gasteiger partial charge in [0.15, 0.2) is 0 Å². The summed E-state index contributed by atoms with van der Waals surface area (Å²) in [6.07, 6.45) is 2.72. The van der Waals surface area contributed by atoms with Gasteiger partial charge in [-0.1, -0.05) is 6.92 Å². The zero-order chi connectivity index (χ0) is 12.0. The average Bonchev–Trinajstić information content (AvgIpc) is 2.76. The quantitative estimate of drug-likeness (QED) is 0.613. The van der Waals surface area contributed by atoms with Crippen molar-refractivity contribution in [3.8, 4) is 0 Å². The lowest BCUT2D eigenvalue weighted by atomic mass is 10.1. The van der Waals surface area contributed by atoms with Gasteiger partial charge in [-0.05, 0) is 31.7 Å². The van der Waals surface area contributed by atoms with E-state index >= 15 is 0 Å². The van der Waals surface area contributed by atoms with Crippen molar-refractivity contribution < 1.29 is 14.7 Å². The summed E-state index contributed by atoms with van der Waals surface area (Å²) in [5, 5.41) is 14.5. The Hall–Kier alpha value is -1.10. The number of hydrogen-bond donors (Lipinski definition) is 3. The molecule has 1 saturated heterocycles. The Labute approximate surface area is 95.6 Å². The van der Waals surface area contributed by atoms with Gasteiger partial charge >= 0.3 is 5.97 Å². The Morgan fingerprint density at radius 1 is 1.56 bits per heavy atom. The highest BCUT2D eigenvalue weighted by Gasteiger charge is 2.21. The second kappa shape index (κ2) is 6.48. The molecule has 92 valence electrons. The van der Waals surface area contributed by atoms with Crippen molar-refractivity contribution in [1.29, 1.82) is 0 Å². The maximum atomic E-state index is 11.6. The van der Waals surface area contributed by atoms with Crippen LogP contribution in [0.15, 0.2) is 0 Å². The zero-order valence-electron chi connectivity index (χ0n) is 9.66. The van der Waals surface area contributed by atoms with Crippen molar-refractivity contribution in [3.63, 3.8) is 0 Å². The van der Waals surface area contributed by atoms with Gasteiger partial charge < -0.3 is 15.7 Å². The molecule has 5 nitrogen and oxygen atoms in total. The third-order valence-corrected chi connectivity index (χ3v) is 2.85. The minimum atomic E-state index is -0.782. The number of aliphatic carboxylic acids is 1. The molecule has 0 saturated carbocycles. The molecule has 0 aromatic carbocycles. The minimum absolute atomic E-state index is 0.0414. The van der Waals surface area contributed by atoms with E-state index in [9.17, 15) is 9.59 Å². The van der Waals surface area contributed by atoms with Crippen LogP contribution in [-0.2, 0) is 9.59 Å². The van der Waals surface area contributed by atoms with E-state index in [0.717, 1.165) is 19.4 Å². The van der Waals surface area contributed by atoms with Gasteiger partial charge in [-0.15, -0.1) is 0 Å². The molecule has 2 unspecified atom stereocenters. The largest absolute Gasteiger partial charge is 0.481 e. The van der Waals surface area contributed by atoms with Crippen molar-refractivity contribution in [2.24, 2.45) is 5.92 Å². The fourth-order valence-corrected chi connectivity index (χ4v) is 1.78. The Kier molecular flexibility index (Phi) is 5.25. The molecule has 1 aliphatic rings. The summed E-state index contributed by atoms with van der Waals surface area (Å²) in [6, 6.07) is -0.0494. The Balaban J connectivity index is 2.12. The predicted octanol–water partition coefficient (Wildman–Crippen LogP) is 0.355. The molecule has 1 amide bonds. The molecule has 5 heteroatoms. The van der Waals surface area contributed by atoms with Crippen LogP contribution in [0.1, 0.15) is 32.6 Å². The second-order valence-corrected chi connectivity index (χ2v) is 4.43. The Morgan fingerprint density at radius 3 is 2.88 bits per heavy atom. The molecule has 16 heavy (non-hydrogen) atoms. The molecule has 1 heterocycles. The van der Waals surface area contributed by atoms with Crippen molar-refractivity contribution in [1.82, 2.24) is 10.6 Å². The van der Waals surface area contributed by atoms with E-state index < -0.39 is 5.97 Å². The maximum absolute atomic E-state index is 11.6. The number of rotatable bonds is 6. The van der Waals surface area contributed by atoms with E-state index in [0.29, 0.717) is 13.0 Å². The number of carboxylic acids is 1. The van der Waals surface area contributed by atoms with Gasteiger partial charge in [0.25, 0.3) is 0 Å². The monoisotopic (exact) mass is 228 g/mol. The number of hydrogen-bond acceptors (Lipinski definition) is 3. The fraction of sp³-hybridized carbons (Fsp3) is 0.818. The Bertz CT molecular complexity index is 250. The highest BCUT2D eigenvalue weighted by Crippen LogP contribution is 2.06. The van der Waals surface area contributed by atoms with Crippen LogP contribution in [0.5, 0.6) is 0 Å². The summed E-state index contributed by atoms with van der Waals surface area (Å²) in [4.78, 5) is 22.0. The molecule has 1 rings (SSSR count). The number of carbonyl (C=O) groups is 2. The predicted molar refractivity (Wildman–Crippen MR) is 60.1 cm³/mol. The standard InChI is InChI=1S/C11H20N2O3/c1-8(4-5-10(14)15)7-13-11(16)9-3-2-6-12-9/h8-9,12H,2-7H2,1H3,(H,13,16)(H,14,15). The maximum Gasteiger partial charge on any atom is 0.303 e. The highest BCUT2D eigenvalue weighted by atomic mass is 16.4. The summed E-state index contributed by atoms with van der Waals surface area (Å²) in [5.41, 5.74) is 0. The van der Waals surface area contributed by atoms with Crippen LogP contribution < -0.4 is 10.6 Å². The van der Waals surface area contributed by atoms with Crippen LogP contribution in [0.2, 0.25) is 0 Å². The highest BCUT2D eigenvalue weighted by molar-refractivity contribution is 5.81. The van der Waals surface area contributed by atoms with Crippen LogP contribution in [0.25, 0.3) is 0 Å². The second-order valence-electron chi connectivity index (χ2n) is 4.43. The number of carbonyl (C=O) groups excluding carboxylic acids is 1. The molecule has 1 fully saturated rings. The third kappa shape index (κ3) is 4.61. The average molecular weight is 228 g/mol. The van der Waals surface area contributed by atoms with Crippen LogP contribution in [0, 0.1) is 5.92 Å². The molecule has 0 spiro atoms. The van der Waals surface area contributed by atoms with Crippen molar-refractivity contribution >= 4 is 11.9 Å². The lowest BCUT2D eigenvalue weighted by molar-refractivity contribution is -0.137.